The molecule has 0 atom stereocenters. The van der Waals surface area contributed by atoms with E-state index in [1.165, 1.54) is 18.2 Å². The van der Waals surface area contributed by atoms with Crippen molar-refractivity contribution in [2.24, 2.45) is 0 Å². The van der Waals surface area contributed by atoms with Gasteiger partial charge >= 0.3 is 12.0 Å². The molecule has 0 heterocycles. The molecule has 2 aromatic rings. The van der Waals surface area contributed by atoms with Crippen molar-refractivity contribution in [1.29, 1.82) is 0 Å². The van der Waals surface area contributed by atoms with E-state index in [4.69, 9.17) is 34.8 Å². The Morgan fingerprint density at radius 1 is 1.09 bits per heavy atom. The number of ether oxygens (including phenoxy) is 1. The second-order valence-corrected chi connectivity index (χ2v) is 5.46. The van der Waals surface area contributed by atoms with Crippen molar-refractivity contribution < 1.29 is 22.8 Å². The van der Waals surface area contributed by atoms with Crippen LogP contribution in [0.2, 0.25) is 15.1 Å². The van der Waals surface area contributed by atoms with Crippen molar-refractivity contribution in [3.8, 4) is 16.9 Å². The van der Waals surface area contributed by atoms with Crippen LogP contribution in [-0.2, 0) is 0 Å². The fourth-order valence-corrected chi connectivity index (χ4v) is 2.52. The van der Waals surface area contributed by atoms with Gasteiger partial charge in [-0.15, -0.1) is 13.2 Å². The number of hydrogen-bond acceptors (Lipinski definition) is 3. The molecule has 4 nitrogen and oxygen atoms in total. The molecule has 0 bridgehead atoms. The highest BCUT2D eigenvalue weighted by Gasteiger charge is 2.34. The van der Waals surface area contributed by atoms with Crippen LogP contribution in [0.1, 0.15) is 0 Å². The lowest BCUT2D eigenvalue weighted by atomic mass is 10.0. The molecule has 0 aromatic heterocycles. The molecule has 0 saturated carbocycles. The minimum Gasteiger partial charge on any atom is -0.398 e. The standard InChI is InChI=1S/C13H5Cl3F3NO3/c14-7-4-8(12(16)9(15)5-7)6-1-2-11(23-13(17,18)19)10(3-6)20(21)22/h1-5H. The van der Waals surface area contributed by atoms with E-state index in [-0.39, 0.29) is 26.2 Å². The fourth-order valence-electron chi connectivity index (χ4n) is 1.80. The van der Waals surface area contributed by atoms with Gasteiger partial charge in [0.2, 0.25) is 5.75 Å². The molecule has 0 aliphatic carbocycles. The fraction of sp³-hybridized carbons (Fsp3) is 0.0769. The highest BCUT2D eigenvalue weighted by Crippen LogP contribution is 2.40. The molecule has 0 fully saturated rings. The van der Waals surface area contributed by atoms with Crippen molar-refractivity contribution in [1.82, 2.24) is 0 Å². The Bertz CT molecular complexity index is 781. The topological polar surface area (TPSA) is 52.4 Å². The largest absolute Gasteiger partial charge is 0.573 e. The maximum Gasteiger partial charge on any atom is 0.573 e. The number of nitrogens with zero attached hydrogens (tertiary/aromatic N) is 1. The molecule has 23 heavy (non-hydrogen) atoms. The highest BCUT2D eigenvalue weighted by molar-refractivity contribution is 6.45. The molecule has 0 radical (unpaired) electrons. The molecule has 0 spiro atoms. The van der Waals surface area contributed by atoms with Gasteiger partial charge in [-0.2, -0.15) is 0 Å². The van der Waals surface area contributed by atoms with Gasteiger partial charge in [-0.05, 0) is 23.8 Å². The van der Waals surface area contributed by atoms with E-state index in [0.717, 1.165) is 12.1 Å². The molecular formula is C13H5Cl3F3NO3. The molecular weight excluding hydrogens is 382 g/mol. The summed E-state index contributed by atoms with van der Waals surface area (Å²) in [4.78, 5) is 9.99. The summed E-state index contributed by atoms with van der Waals surface area (Å²) in [6.07, 6.45) is -5.05. The maximum atomic E-state index is 12.3. The van der Waals surface area contributed by atoms with Crippen molar-refractivity contribution in [3.63, 3.8) is 0 Å². The zero-order valence-corrected chi connectivity index (χ0v) is 13.1. The maximum absolute atomic E-state index is 12.3. The summed E-state index contributed by atoms with van der Waals surface area (Å²) in [6, 6.07) is 5.66. The van der Waals surface area contributed by atoms with Gasteiger partial charge in [-0.25, -0.2) is 0 Å². The van der Waals surface area contributed by atoms with Crippen LogP contribution in [0, 0.1) is 10.1 Å². The summed E-state index contributed by atoms with van der Waals surface area (Å²) in [5, 5.41) is 11.4. The highest BCUT2D eigenvalue weighted by atomic mass is 35.5. The van der Waals surface area contributed by atoms with Gasteiger partial charge in [0.1, 0.15) is 0 Å². The summed E-state index contributed by atoms with van der Waals surface area (Å²) in [5.41, 5.74) is -0.460. The van der Waals surface area contributed by atoms with Crippen molar-refractivity contribution in [2.45, 2.75) is 6.36 Å². The van der Waals surface area contributed by atoms with E-state index in [9.17, 15) is 23.3 Å². The molecule has 0 N–H and O–H groups in total. The Balaban J connectivity index is 2.59. The Labute approximate surface area is 142 Å². The number of nitro groups is 1. The first-order valence-corrected chi connectivity index (χ1v) is 6.91. The van der Waals surface area contributed by atoms with Gasteiger partial charge in [0.15, 0.2) is 0 Å². The lowest BCUT2D eigenvalue weighted by Crippen LogP contribution is -2.17. The zero-order valence-electron chi connectivity index (χ0n) is 10.8. The lowest BCUT2D eigenvalue weighted by molar-refractivity contribution is -0.388. The molecule has 10 heteroatoms. The minimum absolute atomic E-state index is 0.0647. The van der Waals surface area contributed by atoms with Gasteiger partial charge in [0, 0.05) is 16.7 Å². The zero-order chi connectivity index (χ0) is 17.4. The van der Waals surface area contributed by atoms with Gasteiger partial charge in [0.25, 0.3) is 0 Å². The van der Waals surface area contributed by atoms with Gasteiger partial charge in [-0.1, -0.05) is 40.9 Å². The first kappa shape index (κ1) is 17.7. The summed E-state index contributed by atoms with van der Waals surface area (Å²) in [6.45, 7) is 0. The van der Waals surface area contributed by atoms with Gasteiger partial charge in [-0.3, -0.25) is 10.1 Å². The second kappa shape index (κ2) is 6.43. The van der Waals surface area contributed by atoms with Crippen molar-refractivity contribution in [3.05, 3.63) is 55.5 Å². The SMILES string of the molecule is O=[N+]([O-])c1cc(-c2cc(Cl)cc(Cl)c2Cl)ccc1OC(F)(F)F. The summed E-state index contributed by atoms with van der Waals surface area (Å²) < 4.78 is 40.5. The number of hydrogen-bond donors (Lipinski definition) is 0. The van der Waals surface area contributed by atoms with Crippen LogP contribution in [0.25, 0.3) is 11.1 Å². The number of alkyl halides is 3. The Kier molecular flexibility index (Phi) is 4.93. The third-order valence-electron chi connectivity index (χ3n) is 2.69. The minimum atomic E-state index is -5.05. The Morgan fingerprint density at radius 3 is 2.30 bits per heavy atom. The van der Waals surface area contributed by atoms with E-state index < -0.39 is 22.7 Å². The number of nitro benzene ring substituents is 1. The van der Waals surface area contributed by atoms with Crippen LogP contribution in [0.15, 0.2) is 30.3 Å². The third kappa shape index (κ3) is 4.19. The van der Waals surface area contributed by atoms with Crippen LogP contribution >= 0.6 is 34.8 Å². The Hall–Kier alpha value is -1.70. The van der Waals surface area contributed by atoms with Crippen LogP contribution in [0.3, 0.4) is 0 Å². The van der Waals surface area contributed by atoms with E-state index in [1.807, 2.05) is 0 Å². The molecule has 2 aromatic carbocycles. The first-order valence-electron chi connectivity index (χ1n) is 5.77. The summed E-state index contributed by atoms with van der Waals surface area (Å²) >= 11 is 17.7. The number of rotatable bonds is 3. The molecule has 0 saturated heterocycles. The quantitative estimate of drug-likeness (QED) is 0.363. The average Bonchev–Trinajstić information content (AvgIpc) is 2.41. The van der Waals surface area contributed by atoms with Gasteiger partial charge in [0.05, 0.1) is 15.0 Å². The van der Waals surface area contributed by atoms with Crippen molar-refractivity contribution in [2.75, 3.05) is 0 Å². The number of benzene rings is 2. The van der Waals surface area contributed by atoms with Gasteiger partial charge < -0.3 is 4.74 Å². The summed E-state index contributed by atoms with van der Waals surface area (Å²) in [5.74, 6) is -0.935. The lowest BCUT2D eigenvalue weighted by Gasteiger charge is -2.11. The van der Waals surface area contributed by atoms with Crippen LogP contribution in [0.5, 0.6) is 5.75 Å². The predicted octanol–water partition coefficient (Wildman–Crippen LogP) is 6.12. The van der Waals surface area contributed by atoms with Crippen molar-refractivity contribution >= 4 is 40.5 Å². The molecule has 0 aliphatic rings. The van der Waals surface area contributed by atoms with E-state index in [2.05, 4.69) is 4.74 Å². The molecule has 0 unspecified atom stereocenters. The normalized spacial score (nSPS) is 11.4. The molecule has 122 valence electrons. The number of halogens is 6. The second-order valence-electron chi connectivity index (χ2n) is 4.24. The third-order valence-corrected chi connectivity index (χ3v) is 3.71. The summed E-state index contributed by atoms with van der Waals surface area (Å²) in [7, 11) is 0. The van der Waals surface area contributed by atoms with E-state index in [1.54, 1.807) is 0 Å². The smallest absolute Gasteiger partial charge is 0.398 e. The van der Waals surface area contributed by atoms with E-state index >= 15 is 0 Å². The molecule has 0 aliphatic heterocycles. The van der Waals surface area contributed by atoms with Crippen LogP contribution in [0.4, 0.5) is 18.9 Å². The molecule has 0 amide bonds. The molecule has 2 rings (SSSR count). The van der Waals surface area contributed by atoms with Crippen LogP contribution < -0.4 is 4.74 Å². The first-order chi connectivity index (χ1) is 10.6. The average molecular weight is 387 g/mol. The Morgan fingerprint density at radius 2 is 1.74 bits per heavy atom. The van der Waals surface area contributed by atoms with Crippen LogP contribution in [-0.4, -0.2) is 11.3 Å². The van der Waals surface area contributed by atoms with E-state index in [0.29, 0.717) is 0 Å². The predicted molar refractivity (Wildman–Crippen MR) is 80.2 cm³/mol. The monoisotopic (exact) mass is 385 g/mol.